The molecule has 1 atom stereocenters. The smallest absolute Gasteiger partial charge is 0.156 e. The molecule has 2 rings (SSSR count). The fourth-order valence-electron chi connectivity index (χ4n) is 2.29. The van der Waals surface area contributed by atoms with Crippen molar-refractivity contribution >= 4 is 16.9 Å². The zero-order valence-electron chi connectivity index (χ0n) is 10.2. The van der Waals surface area contributed by atoms with Crippen LogP contribution in [0.5, 0.6) is 0 Å². The lowest BCUT2D eigenvalue weighted by atomic mass is 10.1. The van der Waals surface area contributed by atoms with Crippen molar-refractivity contribution in [1.82, 2.24) is 10.2 Å². The van der Waals surface area contributed by atoms with Crippen LogP contribution in [0.4, 0.5) is 0 Å². The number of hydrogen-bond donors (Lipinski definition) is 1. The normalized spacial score (nSPS) is 24.9. The topological polar surface area (TPSA) is 27.6 Å². The molecule has 2 heterocycles. The van der Waals surface area contributed by atoms with Gasteiger partial charge in [0, 0.05) is 24.9 Å². The van der Waals surface area contributed by atoms with Gasteiger partial charge >= 0.3 is 0 Å². The van der Waals surface area contributed by atoms with Crippen LogP contribution in [0.3, 0.4) is 0 Å². The van der Waals surface area contributed by atoms with Crippen LogP contribution < -0.4 is 5.32 Å². The van der Waals surface area contributed by atoms with E-state index in [1.54, 1.807) is 0 Å². The van der Waals surface area contributed by atoms with Crippen molar-refractivity contribution in [2.75, 3.05) is 31.9 Å². The fourth-order valence-corrected chi connectivity index (χ4v) is 3.12. The molecule has 1 N–H and O–H groups in total. The van der Waals surface area contributed by atoms with Gasteiger partial charge in [-0.2, -0.15) is 0 Å². The molecule has 4 heteroatoms. The first-order valence-electron chi connectivity index (χ1n) is 6.51. The molecule has 0 aromatic rings. The zero-order valence-corrected chi connectivity index (χ0v) is 11.1. The highest BCUT2D eigenvalue weighted by Crippen LogP contribution is 2.13. The molecular formula is C12H23N3S. The lowest BCUT2D eigenvalue weighted by Crippen LogP contribution is -2.44. The third-order valence-electron chi connectivity index (χ3n) is 3.36. The molecule has 2 aliphatic rings. The summed E-state index contributed by atoms with van der Waals surface area (Å²) in [6.07, 6.45) is 5.40. The maximum atomic E-state index is 4.50. The third-order valence-corrected chi connectivity index (χ3v) is 4.40. The van der Waals surface area contributed by atoms with Crippen LogP contribution in [0.15, 0.2) is 4.99 Å². The molecule has 0 radical (unpaired) electrons. The van der Waals surface area contributed by atoms with E-state index in [9.17, 15) is 0 Å². The minimum absolute atomic E-state index is 0.644. The van der Waals surface area contributed by atoms with E-state index in [-0.39, 0.29) is 0 Å². The largest absolute Gasteiger partial charge is 0.363 e. The number of hydrogen-bond acceptors (Lipinski definition) is 4. The molecule has 92 valence electrons. The van der Waals surface area contributed by atoms with Gasteiger partial charge in [0.15, 0.2) is 5.17 Å². The Kier molecular flexibility index (Phi) is 4.97. The quantitative estimate of drug-likeness (QED) is 0.818. The van der Waals surface area contributed by atoms with Gasteiger partial charge in [-0.3, -0.25) is 9.89 Å². The van der Waals surface area contributed by atoms with E-state index >= 15 is 0 Å². The van der Waals surface area contributed by atoms with Crippen LogP contribution >= 0.6 is 11.8 Å². The summed E-state index contributed by atoms with van der Waals surface area (Å²) >= 11 is 1.87. The summed E-state index contributed by atoms with van der Waals surface area (Å²) in [6, 6.07) is 0.644. The second-order valence-corrected chi connectivity index (χ2v) is 5.80. The number of nitrogens with zero attached hydrogens (tertiary/aromatic N) is 2. The van der Waals surface area contributed by atoms with Crippen LogP contribution in [0.25, 0.3) is 0 Å². The van der Waals surface area contributed by atoms with Crippen molar-refractivity contribution in [2.45, 2.75) is 38.6 Å². The average molecular weight is 241 g/mol. The molecule has 16 heavy (non-hydrogen) atoms. The third kappa shape index (κ3) is 3.67. The van der Waals surface area contributed by atoms with E-state index in [2.05, 4.69) is 22.1 Å². The Morgan fingerprint density at radius 1 is 1.31 bits per heavy atom. The Balaban J connectivity index is 1.69. The molecule has 1 saturated heterocycles. The van der Waals surface area contributed by atoms with Crippen LogP contribution in [0, 0.1) is 0 Å². The molecule has 1 unspecified atom stereocenters. The van der Waals surface area contributed by atoms with Crippen molar-refractivity contribution < 1.29 is 0 Å². The van der Waals surface area contributed by atoms with E-state index in [4.69, 9.17) is 0 Å². The molecule has 0 spiro atoms. The van der Waals surface area contributed by atoms with Gasteiger partial charge in [0.05, 0.1) is 0 Å². The zero-order chi connectivity index (χ0) is 11.2. The van der Waals surface area contributed by atoms with E-state index in [0.29, 0.717) is 6.04 Å². The first kappa shape index (κ1) is 12.2. The predicted molar refractivity (Wildman–Crippen MR) is 72.3 cm³/mol. The Morgan fingerprint density at radius 2 is 2.12 bits per heavy atom. The van der Waals surface area contributed by atoms with Crippen molar-refractivity contribution in [3.8, 4) is 0 Å². The Bertz CT molecular complexity index is 236. The monoisotopic (exact) mass is 241 g/mol. The van der Waals surface area contributed by atoms with Gasteiger partial charge in [-0.1, -0.05) is 18.2 Å². The molecule has 2 aliphatic heterocycles. The summed E-state index contributed by atoms with van der Waals surface area (Å²) in [5.41, 5.74) is 0. The SMILES string of the molecule is CC(CNC1=NCCCS1)N1CCCCC1. The van der Waals surface area contributed by atoms with E-state index in [1.807, 2.05) is 11.8 Å². The van der Waals surface area contributed by atoms with Gasteiger partial charge in [0.1, 0.15) is 0 Å². The highest BCUT2D eigenvalue weighted by atomic mass is 32.2. The molecule has 0 aromatic carbocycles. The maximum absolute atomic E-state index is 4.50. The van der Waals surface area contributed by atoms with E-state index < -0.39 is 0 Å². The summed E-state index contributed by atoms with van der Waals surface area (Å²) in [6.45, 7) is 6.94. The first-order chi connectivity index (χ1) is 7.86. The Hall–Kier alpha value is -0.220. The number of amidine groups is 1. The van der Waals surface area contributed by atoms with Gasteiger partial charge in [-0.25, -0.2) is 0 Å². The highest BCUT2D eigenvalue weighted by molar-refractivity contribution is 8.13. The maximum Gasteiger partial charge on any atom is 0.156 e. The van der Waals surface area contributed by atoms with Crippen LogP contribution in [0.2, 0.25) is 0 Å². The van der Waals surface area contributed by atoms with Gasteiger partial charge in [-0.05, 0) is 39.3 Å². The van der Waals surface area contributed by atoms with Gasteiger partial charge in [0.2, 0.25) is 0 Å². The van der Waals surface area contributed by atoms with Crippen LogP contribution in [-0.4, -0.2) is 48.0 Å². The Labute approximate surface area is 103 Å². The molecule has 3 nitrogen and oxygen atoms in total. The molecule has 0 aromatic heterocycles. The minimum Gasteiger partial charge on any atom is -0.363 e. The predicted octanol–water partition coefficient (Wildman–Crippen LogP) is 1.94. The number of piperidine rings is 1. The molecule has 0 bridgehead atoms. The Morgan fingerprint density at radius 3 is 2.81 bits per heavy atom. The fraction of sp³-hybridized carbons (Fsp3) is 0.917. The summed E-state index contributed by atoms with van der Waals surface area (Å²) < 4.78 is 0. The minimum atomic E-state index is 0.644. The van der Waals surface area contributed by atoms with Gasteiger partial charge < -0.3 is 5.32 Å². The summed E-state index contributed by atoms with van der Waals surface area (Å²) in [5.74, 6) is 1.23. The van der Waals surface area contributed by atoms with Crippen molar-refractivity contribution in [1.29, 1.82) is 0 Å². The standard InChI is InChI=1S/C12H23N3S/c1-11(15-7-3-2-4-8-15)10-14-12-13-6-5-9-16-12/h11H,2-10H2,1H3,(H,13,14). The molecule has 1 fully saturated rings. The number of aliphatic imine (C=N–C) groups is 1. The summed E-state index contributed by atoms with van der Waals surface area (Å²) in [7, 11) is 0. The van der Waals surface area contributed by atoms with Crippen molar-refractivity contribution in [3.05, 3.63) is 0 Å². The number of likely N-dealkylation sites (tertiary alicyclic amines) is 1. The van der Waals surface area contributed by atoms with E-state index in [0.717, 1.165) is 18.3 Å². The highest BCUT2D eigenvalue weighted by Gasteiger charge is 2.17. The summed E-state index contributed by atoms with van der Waals surface area (Å²) in [5, 5.41) is 4.65. The summed E-state index contributed by atoms with van der Waals surface area (Å²) in [4.78, 5) is 7.10. The van der Waals surface area contributed by atoms with Crippen LogP contribution in [0.1, 0.15) is 32.6 Å². The van der Waals surface area contributed by atoms with Crippen molar-refractivity contribution in [3.63, 3.8) is 0 Å². The van der Waals surface area contributed by atoms with Gasteiger partial charge in [0.25, 0.3) is 0 Å². The molecule has 0 aliphatic carbocycles. The van der Waals surface area contributed by atoms with Crippen LogP contribution in [-0.2, 0) is 0 Å². The van der Waals surface area contributed by atoms with Gasteiger partial charge in [-0.15, -0.1) is 0 Å². The lowest BCUT2D eigenvalue weighted by Gasteiger charge is -2.32. The average Bonchev–Trinajstić information content (AvgIpc) is 2.38. The number of thioether (sulfide) groups is 1. The first-order valence-corrected chi connectivity index (χ1v) is 7.50. The second kappa shape index (κ2) is 6.50. The second-order valence-electron chi connectivity index (χ2n) is 4.72. The molecule has 0 saturated carbocycles. The van der Waals surface area contributed by atoms with E-state index in [1.165, 1.54) is 44.5 Å². The van der Waals surface area contributed by atoms with Crippen molar-refractivity contribution in [2.24, 2.45) is 4.99 Å². The lowest BCUT2D eigenvalue weighted by molar-refractivity contribution is 0.175. The molecule has 0 amide bonds. The molecular weight excluding hydrogens is 218 g/mol. The number of nitrogens with one attached hydrogen (secondary N) is 1. The number of rotatable bonds is 3.